The summed E-state index contributed by atoms with van der Waals surface area (Å²) in [5.74, 6) is -1.12. The van der Waals surface area contributed by atoms with Crippen molar-refractivity contribution in [3.63, 3.8) is 0 Å². The Labute approximate surface area is 140 Å². The van der Waals surface area contributed by atoms with Gasteiger partial charge in [0.15, 0.2) is 0 Å². The van der Waals surface area contributed by atoms with E-state index in [1.54, 1.807) is 41.8 Å². The van der Waals surface area contributed by atoms with Crippen molar-refractivity contribution in [2.45, 2.75) is 27.7 Å². The van der Waals surface area contributed by atoms with Crippen LogP contribution in [0.15, 0.2) is 11.6 Å². The molecule has 0 aliphatic carbocycles. The predicted molar refractivity (Wildman–Crippen MR) is 91.1 cm³/mol. The molecule has 0 spiro atoms. The van der Waals surface area contributed by atoms with E-state index in [9.17, 15) is 14.4 Å². The summed E-state index contributed by atoms with van der Waals surface area (Å²) in [5, 5.41) is 3.00. The fourth-order valence-corrected chi connectivity index (χ4v) is 3.09. The lowest BCUT2D eigenvalue weighted by molar-refractivity contribution is -0.111. The number of thiophene rings is 1. The molecule has 0 atom stereocenters. The zero-order valence-corrected chi connectivity index (χ0v) is 15.1. The van der Waals surface area contributed by atoms with Crippen molar-refractivity contribution in [3.05, 3.63) is 27.7 Å². The molecule has 23 heavy (non-hydrogen) atoms. The molecule has 1 aromatic rings. The van der Waals surface area contributed by atoms with E-state index >= 15 is 0 Å². The number of carbonyl (C=O) groups is 3. The molecule has 0 fully saturated rings. The molecule has 0 unspecified atom stereocenters. The SMILES string of the molecule is CCOC(=O)c1c(NC(=O)C=C(C)C)sc(C(=O)N(C)C)c1C. The van der Waals surface area contributed by atoms with E-state index in [0.29, 0.717) is 15.4 Å². The summed E-state index contributed by atoms with van der Waals surface area (Å²) >= 11 is 1.08. The second-order valence-corrected chi connectivity index (χ2v) is 6.41. The first-order valence-electron chi connectivity index (χ1n) is 7.17. The van der Waals surface area contributed by atoms with Crippen molar-refractivity contribution < 1.29 is 19.1 Å². The van der Waals surface area contributed by atoms with Crippen molar-refractivity contribution in [1.82, 2.24) is 4.90 Å². The number of rotatable bonds is 5. The summed E-state index contributed by atoms with van der Waals surface area (Å²) in [6.07, 6.45) is 1.43. The highest BCUT2D eigenvalue weighted by Gasteiger charge is 2.26. The summed E-state index contributed by atoms with van der Waals surface area (Å²) in [6, 6.07) is 0. The maximum Gasteiger partial charge on any atom is 0.341 e. The molecule has 1 aromatic heterocycles. The Morgan fingerprint density at radius 2 is 1.87 bits per heavy atom. The molecule has 0 aliphatic heterocycles. The Balaban J connectivity index is 3.34. The molecular weight excluding hydrogens is 316 g/mol. The first-order valence-corrected chi connectivity index (χ1v) is 7.98. The Morgan fingerprint density at radius 3 is 2.35 bits per heavy atom. The Morgan fingerprint density at radius 1 is 1.26 bits per heavy atom. The summed E-state index contributed by atoms with van der Waals surface area (Å²) in [4.78, 5) is 38.2. The number of ether oxygens (including phenoxy) is 1. The maximum atomic E-state index is 12.2. The van der Waals surface area contributed by atoms with Crippen molar-refractivity contribution in [3.8, 4) is 0 Å². The van der Waals surface area contributed by atoms with Crippen molar-refractivity contribution in [2.75, 3.05) is 26.0 Å². The van der Waals surface area contributed by atoms with Crippen LogP contribution >= 0.6 is 11.3 Å². The number of allylic oxidation sites excluding steroid dienone is 1. The summed E-state index contributed by atoms with van der Waals surface area (Å²) in [5.41, 5.74) is 1.58. The molecule has 0 bridgehead atoms. The van der Waals surface area contributed by atoms with Gasteiger partial charge in [0.25, 0.3) is 5.91 Å². The molecule has 0 aliphatic rings. The van der Waals surface area contributed by atoms with Gasteiger partial charge in [-0.05, 0) is 33.3 Å². The van der Waals surface area contributed by atoms with Crippen LogP contribution in [0.3, 0.4) is 0 Å². The summed E-state index contributed by atoms with van der Waals surface area (Å²) in [6.45, 7) is 7.19. The Kier molecular flexibility index (Phi) is 6.50. The summed E-state index contributed by atoms with van der Waals surface area (Å²) < 4.78 is 5.04. The van der Waals surface area contributed by atoms with Gasteiger partial charge >= 0.3 is 5.97 Å². The van der Waals surface area contributed by atoms with Gasteiger partial charge in [0.05, 0.1) is 17.0 Å². The average Bonchev–Trinajstić information content (AvgIpc) is 2.73. The van der Waals surface area contributed by atoms with E-state index in [4.69, 9.17) is 4.74 Å². The van der Waals surface area contributed by atoms with Crippen LogP contribution < -0.4 is 5.32 Å². The average molecular weight is 338 g/mol. The zero-order valence-electron chi connectivity index (χ0n) is 14.3. The molecule has 1 rings (SSSR count). The molecule has 126 valence electrons. The second-order valence-electron chi connectivity index (χ2n) is 5.39. The highest BCUT2D eigenvalue weighted by atomic mass is 32.1. The maximum absolute atomic E-state index is 12.2. The quantitative estimate of drug-likeness (QED) is 0.662. The molecule has 0 saturated carbocycles. The minimum atomic E-state index is -0.549. The monoisotopic (exact) mass is 338 g/mol. The van der Waals surface area contributed by atoms with Gasteiger partial charge in [0.2, 0.25) is 5.91 Å². The van der Waals surface area contributed by atoms with E-state index < -0.39 is 5.97 Å². The number of anilines is 1. The van der Waals surface area contributed by atoms with Gasteiger partial charge in [-0.1, -0.05) is 5.57 Å². The highest BCUT2D eigenvalue weighted by molar-refractivity contribution is 7.18. The number of carbonyl (C=O) groups excluding carboxylic acids is 3. The minimum absolute atomic E-state index is 0.215. The number of esters is 1. The van der Waals surface area contributed by atoms with Crippen LogP contribution in [0.2, 0.25) is 0 Å². The number of hydrogen-bond donors (Lipinski definition) is 1. The first kappa shape index (κ1) is 18.9. The van der Waals surface area contributed by atoms with Crippen LogP contribution in [0, 0.1) is 6.92 Å². The van der Waals surface area contributed by atoms with Crippen LogP contribution in [-0.2, 0) is 9.53 Å². The van der Waals surface area contributed by atoms with Gasteiger partial charge in [0, 0.05) is 20.2 Å². The minimum Gasteiger partial charge on any atom is -0.462 e. The number of amides is 2. The van der Waals surface area contributed by atoms with Gasteiger partial charge in [-0.2, -0.15) is 0 Å². The zero-order chi connectivity index (χ0) is 17.7. The molecule has 1 N–H and O–H groups in total. The van der Waals surface area contributed by atoms with Crippen molar-refractivity contribution >= 4 is 34.1 Å². The van der Waals surface area contributed by atoms with Crippen LogP contribution in [0.1, 0.15) is 46.4 Å². The third-order valence-electron chi connectivity index (χ3n) is 2.88. The number of nitrogens with one attached hydrogen (secondary N) is 1. The van der Waals surface area contributed by atoms with Crippen LogP contribution in [0.5, 0.6) is 0 Å². The van der Waals surface area contributed by atoms with Crippen LogP contribution in [0.25, 0.3) is 0 Å². The molecule has 0 saturated heterocycles. The number of hydrogen-bond acceptors (Lipinski definition) is 5. The molecule has 6 nitrogen and oxygen atoms in total. The van der Waals surface area contributed by atoms with E-state index in [2.05, 4.69) is 5.32 Å². The largest absolute Gasteiger partial charge is 0.462 e. The third kappa shape index (κ3) is 4.66. The second kappa shape index (κ2) is 7.92. The standard InChI is InChI=1S/C16H22N2O4S/c1-7-22-16(21)12-10(4)13(15(20)18(5)6)23-14(12)17-11(19)8-9(2)3/h8H,7H2,1-6H3,(H,17,19). The van der Waals surface area contributed by atoms with E-state index in [1.165, 1.54) is 11.0 Å². The highest BCUT2D eigenvalue weighted by Crippen LogP contribution is 2.34. The lowest BCUT2D eigenvalue weighted by Crippen LogP contribution is -2.21. The van der Waals surface area contributed by atoms with Crippen molar-refractivity contribution in [2.24, 2.45) is 0 Å². The molecule has 0 aromatic carbocycles. The predicted octanol–water partition coefficient (Wildman–Crippen LogP) is 2.84. The topological polar surface area (TPSA) is 75.7 Å². The lowest BCUT2D eigenvalue weighted by Gasteiger charge is -2.09. The smallest absolute Gasteiger partial charge is 0.341 e. The van der Waals surface area contributed by atoms with E-state index in [-0.39, 0.29) is 24.0 Å². The molecule has 2 amide bonds. The molecule has 7 heteroatoms. The number of nitrogens with zero attached hydrogens (tertiary/aromatic N) is 1. The van der Waals surface area contributed by atoms with Crippen LogP contribution in [0.4, 0.5) is 5.00 Å². The van der Waals surface area contributed by atoms with Crippen molar-refractivity contribution in [1.29, 1.82) is 0 Å². The molecule has 0 radical (unpaired) electrons. The normalized spacial score (nSPS) is 10.0. The third-order valence-corrected chi connectivity index (χ3v) is 4.08. The lowest BCUT2D eigenvalue weighted by atomic mass is 10.1. The van der Waals surface area contributed by atoms with Gasteiger partial charge < -0.3 is 15.0 Å². The fourth-order valence-electron chi connectivity index (χ4n) is 1.87. The van der Waals surface area contributed by atoms with Gasteiger partial charge in [-0.3, -0.25) is 9.59 Å². The summed E-state index contributed by atoms with van der Waals surface area (Å²) in [7, 11) is 3.26. The first-order chi connectivity index (χ1) is 10.7. The van der Waals surface area contributed by atoms with Crippen LogP contribution in [-0.4, -0.2) is 43.4 Å². The van der Waals surface area contributed by atoms with Gasteiger partial charge in [-0.15, -0.1) is 11.3 Å². The van der Waals surface area contributed by atoms with E-state index in [1.807, 2.05) is 0 Å². The van der Waals surface area contributed by atoms with Gasteiger partial charge in [-0.25, -0.2) is 4.79 Å². The molecule has 1 heterocycles. The van der Waals surface area contributed by atoms with E-state index in [0.717, 1.165) is 16.9 Å². The van der Waals surface area contributed by atoms with Gasteiger partial charge in [0.1, 0.15) is 5.00 Å². The Hall–Kier alpha value is -2.15. The Bertz CT molecular complexity index is 655. The fraction of sp³-hybridized carbons (Fsp3) is 0.438. The molecular formula is C16H22N2O4S.